The number of benzene rings is 1. The molecule has 0 aliphatic carbocycles. The van der Waals surface area contributed by atoms with Gasteiger partial charge in [0.05, 0.1) is 20.6 Å². The molecule has 4 aromatic rings. The van der Waals surface area contributed by atoms with E-state index in [0.29, 0.717) is 21.6 Å². The summed E-state index contributed by atoms with van der Waals surface area (Å²) in [7, 11) is 0.192. The molecule has 1 atom stereocenters. The monoisotopic (exact) mass is 460 g/mol. The molecule has 3 heterocycles. The third-order valence-corrected chi connectivity index (χ3v) is 7.24. The molecule has 0 aliphatic rings. The predicted octanol–water partition coefficient (Wildman–Crippen LogP) is 5.03. The van der Waals surface area contributed by atoms with Gasteiger partial charge in [-0.05, 0) is 12.1 Å². The largest absolute Gasteiger partial charge is 0.459 e. The minimum Gasteiger partial charge on any atom is -0.310 e. The molecule has 0 aliphatic heterocycles. The van der Waals surface area contributed by atoms with Gasteiger partial charge in [0.15, 0.2) is 11.5 Å². The van der Waals surface area contributed by atoms with Crippen LogP contribution in [0, 0.1) is 0 Å². The van der Waals surface area contributed by atoms with Crippen LogP contribution in [0.5, 0.6) is 0 Å². The summed E-state index contributed by atoms with van der Waals surface area (Å²) in [6.07, 6.45) is -5.80. The standard InChI is InChI=1S/C18H13F5N4OS2/c1-3-30(28)14-9-6-4-5-7-11(9)29-13(14)16-24-10-8-12(17(19,20)18(21,22)23)25-26-15(10)27(16)2/h4-8H,3H2,1-2H3. The van der Waals surface area contributed by atoms with Gasteiger partial charge < -0.3 is 4.57 Å². The average molecular weight is 460 g/mol. The first kappa shape index (κ1) is 20.8. The van der Waals surface area contributed by atoms with Crippen molar-refractivity contribution in [3.05, 3.63) is 36.0 Å². The third kappa shape index (κ3) is 3.09. The normalized spacial score (nSPS) is 14.0. The van der Waals surface area contributed by atoms with Gasteiger partial charge in [-0.2, -0.15) is 22.0 Å². The van der Waals surface area contributed by atoms with Crippen LogP contribution in [-0.2, 0) is 23.8 Å². The summed E-state index contributed by atoms with van der Waals surface area (Å²) in [6.45, 7) is 1.76. The Hall–Kier alpha value is -2.47. The highest BCUT2D eigenvalue weighted by Crippen LogP contribution is 2.44. The number of aromatic nitrogens is 4. The molecule has 1 aromatic carbocycles. The van der Waals surface area contributed by atoms with Gasteiger partial charge in [-0.1, -0.05) is 25.1 Å². The summed E-state index contributed by atoms with van der Waals surface area (Å²) in [4.78, 5) is 5.34. The molecule has 1 unspecified atom stereocenters. The second kappa shape index (κ2) is 7.05. The minimum absolute atomic E-state index is 0.0393. The van der Waals surface area contributed by atoms with Gasteiger partial charge in [0.1, 0.15) is 11.2 Å². The minimum atomic E-state index is -5.80. The van der Waals surface area contributed by atoms with Crippen molar-refractivity contribution in [3.8, 4) is 10.7 Å². The quantitative estimate of drug-likeness (QED) is 0.401. The molecule has 30 heavy (non-hydrogen) atoms. The summed E-state index contributed by atoms with van der Waals surface area (Å²) in [5, 5.41) is 7.42. The van der Waals surface area contributed by atoms with Gasteiger partial charge in [0.25, 0.3) is 0 Å². The second-order valence-corrected chi connectivity index (χ2v) is 9.12. The number of hydrogen-bond donors (Lipinski definition) is 0. The Bertz CT molecular complexity index is 1300. The summed E-state index contributed by atoms with van der Waals surface area (Å²) < 4.78 is 80.5. The van der Waals surface area contributed by atoms with Crippen molar-refractivity contribution in [3.63, 3.8) is 0 Å². The Kier molecular flexibility index (Phi) is 4.88. The maximum atomic E-state index is 13.7. The number of nitrogens with zero attached hydrogens (tertiary/aromatic N) is 4. The number of aryl methyl sites for hydroxylation is 1. The van der Waals surface area contributed by atoms with Crippen molar-refractivity contribution >= 4 is 43.4 Å². The molecule has 0 N–H and O–H groups in total. The number of fused-ring (bicyclic) bond motifs is 2. The van der Waals surface area contributed by atoms with Gasteiger partial charge in [-0.3, -0.25) is 4.21 Å². The fraction of sp³-hybridized carbons (Fsp3) is 0.278. The number of hydrogen-bond acceptors (Lipinski definition) is 5. The van der Waals surface area contributed by atoms with Gasteiger partial charge >= 0.3 is 12.1 Å². The van der Waals surface area contributed by atoms with Gasteiger partial charge in [0, 0.05) is 22.9 Å². The molecule has 5 nitrogen and oxygen atoms in total. The number of alkyl halides is 5. The first-order chi connectivity index (χ1) is 14.1. The highest BCUT2D eigenvalue weighted by atomic mass is 32.2. The molecule has 0 amide bonds. The van der Waals surface area contributed by atoms with Gasteiger partial charge in [-0.25, -0.2) is 4.98 Å². The van der Waals surface area contributed by atoms with Crippen molar-refractivity contribution < 1.29 is 26.2 Å². The summed E-state index contributed by atoms with van der Waals surface area (Å²) in [6, 6.07) is 7.89. The molecule has 4 rings (SSSR count). The fourth-order valence-electron chi connectivity index (χ4n) is 3.03. The Balaban J connectivity index is 1.95. The van der Waals surface area contributed by atoms with Crippen LogP contribution in [0.2, 0.25) is 0 Å². The van der Waals surface area contributed by atoms with Gasteiger partial charge in [-0.15, -0.1) is 21.5 Å². The van der Waals surface area contributed by atoms with Crippen molar-refractivity contribution in [2.45, 2.75) is 23.9 Å². The van der Waals surface area contributed by atoms with E-state index in [0.717, 1.165) is 10.1 Å². The third-order valence-electron chi connectivity index (χ3n) is 4.54. The number of rotatable bonds is 4. The zero-order valence-electron chi connectivity index (χ0n) is 15.5. The van der Waals surface area contributed by atoms with E-state index < -0.39 is 28.6 Å². The smallest absolute Gasteiger partial charge is 0.310 e. The number of halogens is 5. The lowest BCUT2D eigenvalue weighted by Crippen LogP contribution is -2.34. The maximum absolute atomic E-state index is 13.7. The lowest BCUT2D eigenvalue weighted by Gasteiger charge is -2.17. The number of thiophene rings is 1. The topological polar surface area (TPSA) is 60.7 Å². The van der Waals surface area contributed by atoms with E-state index in [1.165, 1.54) is 15.9 Å². The highest BCUT2D eigenvalue weighted by molar-refractivity contribution is 7.85. The first-order valence-corrected chi connectivity index (χ1v) is 10.7. The van der Waals surface area contributed by atoms with Crippen LogP contribution < -0.4 is 0 Å². The lowest BCUT2D eigenvalue weighted by molar-refractivity contribution is -0.291. The van der Waals surface area contributed by atoms with Crippen molar-refractivity contribution in [1.82, 2.24) is 19.7 Å². The summed E-state index contributed by atoms with van der Waals surface area (Å²) in [5.74, 6) is -4.54. The highest BCUT2D eigenvalue weighted by Gasteiger charge is 2.60. The molecule has 158 valence electrons. The van der Waals surface area contributed by atoms with Crippen molar-refractivity contribution in [2.24, 2.45) is 7.05 Å². The lowest BCUT2D eigenvalue weighted by atomic mass is 10.2. The van der Waals surface area contributed by atoms with E-state index in [2.05, 4.69) is 15.2 Å². The molecule has 12 heteroatoms. The molecular formula is C18H13F5N4OS2. The van der Waals surface area contributed by atoms with E-state index in [-0.39, 0.29) is 17.0 Å². The second-order valence-electron chi connectivity index (χ2n) is 6.40. The Labute approximate surface area is 173 Å². The molecule has 3 aromatic heterocycles. The van der Waals surface area contributed by atoms with Crippen LogP contribution in [0.3, 0.4) is 0 Å². The molecule has 0 fully saturated rings. The summed E-state index contributed by atoms with van der Waals surface area (Å²) in [5.41, 5.74) is -1.65. The molecule has 0 saturated carbocycles. The Morgan fingerprint density at radius 1 is 1.13 bits per heavy atom. The van der Waals surface area contributed by atoms with Crippen LogP contribution in [0.25, 0.3) is 32.0 Å². The van der Waals surface area contributed by atoms with E-state index in [9.17, 15) is 26.2 Å². The van der Waals surface area contributed by atoms with Crippen molar-refractivity contribution in [1.29, 1.82) is 0 Å². The van der Waals surface area contributed by atoms with Crippen LogP contribution in [-0.4, -0.2) is 35.9 Å². The SMILES string of the molecule is CCS(=O)c1c(-c2nc3cc(C(F)(F)C(F)(F)F)nnc3n2C)sc2ccccc12. The fourth-order valence-corrected chi connectivity index (χ4v) is 5.63. The van der Waals surface area contributed by atoms with E-state index in [1.54, 1.807) is 20.0 Å². The molecule has 0 saturated heterocycles. The Morgan fingerprint density at radius 2 is 1.83 bits per heavy atom. The van der Waals surface area contributed by atoms with Crippen LogP contribution >= 0.6 is 11.3 Å². The molecule has 0 radical (unpaired) electrons. The van der Waals surface area contributed by atoms with E-state index in [1.807, 2.05) is 18.2 Å². The van der Waals surface area contributed by atoms with Crippen LogP contribution in [0.15, 0.2) is 35.2 Å². The maximum Gasteiger partial charge on any atom is 0.459 e. The predicted molar refractivity (Wildman–Crippen MR) is 104 cm³/mol. The first-order valence-electron chi connectivity index (χ1n) is 8.61. The molecular weight excluding hydrogens is 447 g/mol. The van der Waals surface area contributed by atoms with Gasteiger partial charge in [0.2, 0.25) is 0 Å². The summed E-state index contributed by atoms with van der Waals surface area (Å²) >= 11 is 1.31. The van der Waals surface area contributed by atoms with Crippen LogP contribution in [0.1, 0.15) is 12.6 Å². The molecule has 0 bridgehead atoms. The van der Waals surface area contributed by atoms with E-state index in [4.69, 9.17) is 0 Å². The van der Waals surface area contributed by atoms with Crippen molar-refractivity contribution in [2.75, 3.05) is 5.75 Å². The van der Waals surface area contributed by atoms with E-state index >= 15 is 0 Å². The zero-order valence-corrected chi connectivity index (χ0v) is 17.1. The average Bonchev–Trinajstić information content (AvgIpc) is 3.24. The Morgan fingerprint density at radius 3 is 2.50 bits per heavy atom. The number of imidazole rings is 1. The zero-order chi connectivity index (χ0) is 21.8. The molecule has 0 spiro atoms. The van der Waals surface area contributed by atoms with Crippen LogP contribution in [0.4, 0.5) is 22.0 Å².